The number of aliphatic carboxylic acids is 1. The summed E-state index contributed by atoms with van der Waals surface area (Å²) in [5.74, 6) is -1.90. The Hall–Kier alpha value is -4.53. The third-order valence-corrected chi connectivity index (χ3v) is 10.6. The number of Topliss-reactive ketones (excluding diaryl/α,β-unsaturated/α-hetero) is 4. The summed E-state index contributed by atoms with van der Waals surface area (Å²) in [5.41, 5.74) is -1.89. The van der Waals surface area contributed by atoms with E-state index in [-0.39, 0.29) is 48.8 Å². The van der Waals surface area contributed by atoms with E-state index in [0.717, 1.165) is 25.7 Å². The molecule has 2 aliphatic rings. The molecule has 0 saturated heterocycles. The molecule has 2 aromatic rings. The Morgan fingerprint density at radius 2 is 1.07 bits per heavy atom. The number of hydrogen-bond donors (Lipinski definition) is 1. The molecular formula is C42H53Cl3N2O12. The summed E-state index contributed by atoms with van der Waals surface area (Å²) in [7, 11) is 3.05. The highest BCUT2D eigenvalue weighted by atomic mass is 35.5. The first-order chi connectivity index (χ1) is 27.7. The fourth-order valence-electron chi connectivity index (χ4n) is 6.84. The van der Waals surface area contributed by atoms with Gasteiger partial charge in [-0.25, -0.2) is 9.59 Å². The Balaban J connectivity index is 0.000000352. The van der Waals surface area contributed by atoms with E-state index in [0.29, 0.717) is 46.9 Å². The molecule has 0 bridgehead atoms. The monoisotopic (exact) mass is 882 g/mol. The lowest BCUT2D eigenvalue weighted by Gasteiger charge is -2.43. The number of rotatable bonds is 13. The number of ketones is 4. The zero-order valence-corrected chi connectivity index (χ0v) is 36.5. The molecule has 1 N–H and O–H groups in total. The van der Waals surface area contributed by atoms with Crippen molar-refractivity contribution in [3.05, 3.63) is 69.7 Å². The van der Waals surface area contributed by atoms with Crippen molar-refractivity contribution in [3.8, 4) is 0 Å². The van der Waals surface area contributed by atoms with E-state index < -0.39 is 47.1 Å². The predicted octanol–water partition coefficient (Wildman–Crippen LogP) is 8.78. The Bertz CT molecular complexity index is 1820. The third-order valence-electron chi connectivity index (χ3n) is 9.84. The summed E-state index contributed by atoms with van der Waals surface area (Å²) >= 11 is 18.4. The van der Waals surface area contributed by atoms with Crippen LogP contribution in [-0.4, -0.2) is 88.1 Å². The van der Waals surface area contributed by atoms with Crippen LogP contribution in [0.3, 0.4) is 0 Å². The minimum Gasteiger partial charge on any atom is -0.481 e. The fourth-order valence-corrected chi connectivity index (χ4v) is 7.50. The van der Waals surface area contributed by atoms with E-state index >= 15 is 0 Å². The molecule has 2 saturated carbocycles. The maximum atomic E-state index is 13.0. The number of carboxylic acid groups (broad SMARTS) is 1. The Morgan fingerprint density at radius 1 is 0.661 bits per heavy atom. The third kappa shape index (κ3) is 14.3. The van der Waals surface area contributed by atoms with Gasteiger partial charge in [0.1, 0.15) is 22.6 Å². The lowest BCUT2D eigenvalue weighted by Crippen LogP contribution is -2.54. The van der Waals surface area contributed by atoms with Crippen LogP contribution in [0.15, 0.2) is 48.5 Å². The van der Waals surface area contributed by atoms with Gasteiger partial charge in [-0.1, -0.05) is 71.2 Å². The summed E-state index contributed by atoms with van der Waals surface area (Å²) < 4.78 is 15.3. The minimum atomic E-state index is -1.23. The standard InChI is InChI=1S/C21H26ClNO6.C16H19Cl2NO3.C5H8O3/c1-14(24)11-12-19(26)28-15(2)29-20(27)23(3)21(13-7-6-10-18(21)25)16-8-4-5-9-17(16)22;1-11(17)22-15(21)19(2)16(10-6-5-9-14(16)20)12-7-3-4-8-13(12)18;1-4(6)2-3-5(7)8/h4-5,8-9,15H,6-7,10-13H2,1-3H3;3-4,7-8,11H,5-6,9-10H2,1-2H3;2-3H2,1H3,(H,7,8)/t15?,21-;11?,16-;/m00./s1. The van der Waals surface area contributed by atoms with Crippen LogP contribution in [0.4, 0.5) is 9.59 Å². The molecule has 17 heteroatoms. The topological polar surface area (TPSA) is 191 Å². The van der Waals surface area contributed by atoms with Gasteiger partial charge in [0, 0.05) is 67.9 Å². The van der Waals surface area contributed by atoms with Gasteiger partial charge in [-0.3, -0.25) is 29.0 Å². The molecule has 0 aromatic heterocycles. The van der Waals surface area contributed by atoms with Crippen molar-refractivity contribution < 1.29 is 57.7 Å². The molecule has 4 atom stereocenters. The van der Waals surface area contributed by atoms with Gasteiger partial charge >= 0.3 is 24.1 Å². The van der Waals surface area contributed by atoms with Crippen LogP contribution in [0, 0.1) is 0 Å². The second-order valence-electron chi connectivity index (χ2n) is 14.2. The van der Waals surface area contributed by atoms with Gasteiger partial charge in [0.15, 0.2) is 17.1 Å². The molecule has 0 spiro atoms. The van der Waals surface area contributed by atoms with Gasteiger partial charge < -0.3 is 28.9 Å². The van der Waals surface area contributed by atoms with E-state index in [4.69, 9.17) is 54.1 Å². The molecule has 14 nitrogen and oxygen atoms in total. The Morgan fingerprint density at radius 3 is 1.42 bits per heavy atom. The van der Waals surface area contributed by atoms with Crippen molar-refractivity contribution in [1.82, 2.24) is 9.80 Å². The molecule has 324 valence electrons. The molecule has 2 aromatic carbocycles. The fraction of sp³-hybridized carbons (Fsp3) is 0.524. The van der Waals surface area contributed by atoms with E-state index in [9.17, 15) is 38.4 Å². The molecule has 0 radical (unpaired) electrons. The highest BCUT2D eigenvalue weighted by Crippen LogP contribution is 2.44. The highest BCUT2D eigenvalue weighted by Gasteiger charge is 2.50. The van der Waals surface area contributed by atoms with Crippen LogP contribution < -0.4 is 0 Å². The van der Waals surface area contributed by atoms with E-state index in [2.05, 4.69) is 0 Å². The lowest BCUT2D eigenvalue weighted by atomic mass is 9.74. The number of carbonyl (C=O) groups is 8. The van der Waals surface area contributed by atoms with Gasteiger partial charge in [-0.2, -0.15) is 0 Å². The largest absolute Gasteiger partial charge is 0.481 e. The molecule has 2 fully saturated rings. The molecule has 2 unspecified atom stereocenters. The van der Waals surface area contributed by atoms with Crippen molar-refractivity contribution in [2.24, 2.45) is 0 Å². The van der Waals surface area contributed by atoms with Crippen molar-refractivity contribution >= 4 is 82.1 Å². The average molecular weight is 884 g/mol. The smallest absolute Gasteiger partial charge is 0.413 e. The lowest BCUT2D eigenvalue weighted by molar-refractivity contribution is -0.168. The van der Waals surface area contributed by atoms with Crippen LogP contribution in [0.25, 0.3) is 0 Å². The zero-order chi connectivity index (χ0) is 44.5. The van der Waals surface area contributed by atoms with Crippen LogP contribution >= 0.6 is 34.8 Å². The summed E-state index contributed by atoms with van der Waals surface area (Å²) in [6.07, 6.45) is 2.34. The maximum absolute atomic E-state index is 13.0. The van der Waals surface area contributed by atoms with E-state index in [1.807, 2.05) is 6.07 Å². The van der Waals surface area contributed by atoms with Crippen molar-refractivity contribution in [3.63, 3.8) is 0 Å². The summed E-state index contributed by atoms with van der Waals surface area (Å²) in [6.45, 7) is 5.71. The molecular weight excluding hydrogens is 831 g/mol. The molecule has 0 aliphatic heterocycles. The number of halogens is 3. The number of amides is 2. The van der Waals surface area contributed by atoms with Gasteiger partial charge in [-0.15, -0.1) is 0 Å². The molecule has 4 rings (SSSR count). The predicted molar refractivity (Wildman–Crippen MR) is 220 cm³/mol. The van der Waals surface area contributed by atoms with Crippen molar-refractivity contribution in [2.45, 2.75) is 128 Å². The number of ether oxygens (including phenoxy) is 3. The molecule has 2 aliphatic carbocycles. The van der Waals surface area contributed by atoms with E-state index in [1.165, 1.54) is 37.6 Å². The van der Waals surface area contributed by atoms with Crippen LogP contribution in [-0.2, 0) is 54.1 Å². The number of nitrogens with zero attached hydrogens (tertiary/aromatic N) is 2. The minimum absolute atomic E-state index is 0.0199. The average Bonchev–Trinajstić information content (AvgIpc) is 3.17. The van der Waals surface area contributed by atoms with Crippen molar-refractivity contribution in [2.75, 3.05) is 14.1 Å². The number of likely N-dealkylation sites (N-methyl/N-ethyl adjacent to an activating group) is 2. The second-order valence-corrected chi connectivity index (χ2v) is 15.7. The zero-order valence-electron chi connectivity index (χ0n) is 34.2. The number of alkyl halides is 1. The van der Waals surface area contributed by atoms with Crippen LogP contribution in [0.2, 0.25) is 10.0 Å². The molecule has 0 heterocycles. The van der Waals surface area contributed by atoms with Gasteiger partial charge in [0.25, 0.3) is 0 Å². The summed E-state index contributed by atoms with van der Waals surface area (Å²) in [6, 6.07) is 14.1. The number of benzene rings is 2. The van der Waals surface area contributed by atoms with Crippen LogP contribution in [0.1, 0.15) is 116 Å². The van der Waals surface area contributed by atoms with Crippen molar-refractivity contribution in [1.29, 1.82) is 0 Å². The van der Waals surface area contributed by atoms with Crippen LogP contribution in [0.5, 0.6) is 0 Å². The first-order valence-electron chi connectivity index (χ1n) is 19.2. The summed E-state index contributed by atoms with van der Waals surface area (Å²) in [4.78, 5) is 96.0. The number of carboxylic acids is 1. The highest BCUT2D eigenvalue weighted by molar-refractivity contribution is 6.32. The second kappa shape index (κ2) is 23.9. The maximum Gasteiger partial charge on any atom is 0.413 e. The Labute approximate surface area is 359 Å². The number of carbonyl (C=O) groups excluding carboxylic acids is 7. The Kier molecular flexibility index (Phi) is 20.5. The van der Waals surface area contributed by atoms with Gasteiger partial charge in [-0.05, 0) is 71.4 Å². The van der Waals surface area contributed by atoms with Gasteiger partial charge in [0.05, 0.1) is 12.8 Å². The molecule has 59 heavy (non-hydrogen) atoms. The normalized spacial score (nSPS) is 19.5. The SMILES string of the molecule is CC(=O)CCC(=O)O.CC(=O)CCC(=O)OC(C)OC(=O)N(C)[C@]1(c2ccccc2Cl)CCCCC1=O.CC(Cl)OC(=O)N(C)[C@]1(c2ccccc2Cl)CCCCC1=O. The number of esters is 1. The van der Waals surface area contributed by atoms with E-state index in [1.54, 1.807) is 56.4 Å². The summed E-state index contributed by atoms with van der Waals surface area (Å²) in [5, 5.41) is 8.87. The number of hydrogen-bond acceptors (Lipinski definition) is 11. The van der Waals surface area contributed by atoms with Gasteiger partial charge in [0.2, 0.25) is 6.29 Å². The quantitative estimate of drug-likeness (QED) is 0.114. The first-order valence-corrected chi connectivity index (χ1v) is 20.4. The first kappa shape index (κ1) is 50.6. The molecule has 2 amide bonds.